The topological polar surface area (TPSA) is 21.3 Å². The average Bonchev–Trinajstić information content (AvgIpc) is 2.41. The van der Waals surface area contributed by atoms with E-state index in [1.165, 1.54) is 24.3 Å². The van der Waals surface area contributed by atoms with Gasteiger partial charge in [0.1, 0.15) is 0 Å². The zero-order valence-corrected chi connectivity index (χ0v) is 11.4. The lowest BCUT2D eigenvalue weighted by molar-refractivity contribution is 0.387. The Hall–Kier alpha value is -2.03. The van der Waals surface area contributed by atoms with Crippen LogP contribution in [0.4, 0.5) is 10.1 Å². The lowest BCUT2D eigenvalue weighted by atomic mass is 10.0. The van der Waals surface area contributed by atoms with Crippen LogP contribution in [0.3, 0.4) is 0 Å². The second-order valence-electron chi connectivity index (χ2n) is 4.57. The number of anilines is 1. The van der Waals surface area contributed by atoms with Gasteiger partial charge < -0.3 is 10.1 Å². The summed E-state index contributed by atoms with van der Waals surface area (Å²) in [7, 11) is 1.47. The number of hydrogen-bond acceptors (Lipinski definition) is 2. The van der Waals surface area contributed by atoms with Crippen LogP contribution in [0.5, 0.6) is 5.75 Å². The molecule has 2 aromatic carbocycles. The number of halogens is 1. The Balaban J connectivity index is 2.19. The maximum Gasteiger partial charge on any atom is 0.165 e. The van der Waals surface area contributed by atoms with E-state index in [0.29, 0.717) is 0 Å². The summed E-state index contributed by atoms with van der Waals surface area (Å²) in [5.74, 6) is -0.0985. The van der Waals surface area contributed by atoms with Gasteiger partial charge in [0.15, 0.2) is 11.6 Å². The first-order valence-corrected chi connectivity index (χ1v) is 6.27. The van der Waals surface area contributed by atoms with Crippen LogP contribution in [0.15, 0.2) is 42.5 Å². The molecule has 0 aliphatic heterocycles. The zero-order valence-electron chi connectivity index (χ0n) is 11.4. The molecule has 0 spiro atoms. The van der Waals surface area contributed by atoms with Crippen molar-refractivity contribution in [3.05, 3.63) is 59.4 Å². The lowest BCUT2D eigenvalue weighted by Gasteiger charge is -2.18. The average molecular weight is 259 g/mol. The molecule has 0 fully saturated rings. The van der Waals surface area contributed by atoms with Gasteiger partial charge >= 0.3 is 0 Å². The molecule has 0 aromatic heterocycles. The summed E-state index contributed by atoms with van der Waals surface area (Å²) in [5, 5.41) is 3.35. The Morgan fingerprint density at radius 1 is 1.16 bits per heavy atom. The minimum absolute atomic E-state index is 0.149. The van der Waals surface area contributed by atoms with Crippen molar-refractivity contribution < 1.29 is 9.13 Å². The SMILES string of the molecule is COc1cc(NC(C)c2ccccc2C)ccc1F. The molecule has 0 radical (unpaired) electrons. The first-order valence-electron chi connectivity index (χ1n) is 6.27. The van der Waals surface area contributed by atoms with Crippen molar-refractivity contribution in [3.8, 4) is 5.75 Å². The van der Waals surface area contributed by atoms with E-state index in [9.17, 15) is 4.39 Å². The number of benzene rings is 2. The van der Waals surface area contributed by atoms with Gasteiger partial charge in [-0.3, -0.25) is 0 Å². The molecule has 2 nitrogen and oxygen atoms in total. The van der Waals surface area contributed by atoms with Gasteiger partial charge in [0.05, 0.1) is 7.11 Å². The molecule has 2 rings (SSSR count). The van der Waals surface area contributed by atoms with Gasteiger partial charge in [-0.1, -0.05) is 24.3 Å². The van der Waals surface area contributed by atoms with E-state index in [0.717, 1.165) is 5.69 Å². The predicted octanol–water partition coefficient (Wildman–Crippen LogP) is 4.32. The summed E-state index contributed by atoms with van der Waals surface area (Å²) < 4.78 is 18.3. The molecular formula is C16H18FNO. The molecule has 1 unspecified atom stereocenters. The Bertz CT molecular complexity index is 568. The molecule has 1 atom stereocenters. The van der Waals surface area contributed by atoms with Crippen molar-refractivity contribution >= 4 is 5.69 Å². The van der Waals surface area contributed by atoms with Crippen LogP contribution in [0, 0.1) is 12.7 Å². The number of ether oxygens (including phenoxy) is 1. The van der Waals surface area contributed by atoms with Gasteiger partial charge in [-0.05, 0) is 37.1 Å². The molecule has 3 heteroatoms. The highest BCUT2D eigenvalue weighted by molar-refractivity contribution is 5.50. The van der Waals surface area contributed by atoms with Crippen LogP contribution >= 0.6 is 0 Å². The van der Waals surface area contributed by atoms with Gasteiger partial charge in [-0.2, -0.15) is 0 Å². The van der Waals surface area contributed by atoms with Gasteiger partial charge in [0, 0.05) is 17.8 Å². The largest absolute Gasteiger partial charge is 0.494 e. The van der Waals surface area contributed by atoms with E-state index < -0.39 is 0 Å². The molecule has 19 heavy (non-hydrogen) atoms. The molecule has 0 aliphatic rings. The fraction of sp³-hybridized carbons (Fsp3) is 0.250. The van der Waals surface area contributed by atoms with Crippen LogP contribution in [0.1, 0.15) is 24.1 Å². The molecule has 1 N–H and O–H groups in total. The first-order chi connectivity index (χ1) is 9.11. The van der Waals surface area contributed by atoms with E-state index in [4.69, 9.17) is 4.74 Å². The fourth-order valence-corrected chi connectivity index (χ4v) is 2.15. The number of aryl methyl sites for hydroxylation is 1. The van der Waals surface area contributed by atoms with Crippen LogP contribution in [0.2, 0.25) is 0 Å². The lowest BCUT2D eigenvalue weighted by Crippen LogP contribution is -2.08. The minimum atomic E-state index is -0.350. The van der Waals surface area contributed by atoms with E-state index in [1.54, 1.807) is 12.1 Å². The number of nitrogens with one attached hydrogen (secondary N) is 1. The second kappa shape index (κ2) is 5.74. The van der Waals surface area contributed by atoms with Gasteiger partial charge in [-0.15, -0.1) is 0 Å². The van der Waals surface area contributed by atoms with E-state index in [1.807, 2.05) is 12.1 Å². The molecule has 0 aliphatic carbocycles. The highest BCUT2D eigenvalue weighted by Crippen LogP contribution is 2.26. The summed E-state index contributed by atoms with van der Waals surface area (Å²) >= 11 is 0. The standard InChI is InChI=1S/C16H18FNO/c1-11-6-4-5-7-14(11)12(2)18-13-8-9-15(17)16(10-13)19-3/h4-10,12,18H,1-3H3. The monoisotopic (exact) mass is 259 g/mol. The molecular weight excluding hydrogens is 241 g/mol. The third-order valence-electron chi connectivity index (χ3n) is 3.19. The van der Waals surface area contributed by atoms with E-state index >= 15 is 0 Å². The molecule has 100 valence electrons. The van der Waals surface area contributed by atoms with Crippen molar-refractivity contribution in [2.75, 3.05) is 12.4 Å². The van der Waals surface area contributed by atoms with Crippen LogP contribution in [-0.4, -0.2) is 7.11 Å². The molecule has 0 saturated carbocycles. The van der Waals surface area contributed by atoms with Gasteiger partial charge in [0.25, 0.3) is 0 Å². The van der Waals surface area contributed by atoms with Gasteiger partial charge in [0.2, 0.25) is 0 Å². The van der Waals surface area contributed by atoms with Crippen molar-refractivity contribution in [1.82, 2.24) is 0 Å². The third kappa shape index (κ3) is 3.05. The maximum atomic E-state index is 13.3. The summed E-state index contributed by atoms with van der Waals surface area (Å²) in [5.41, 5.74) is 3.30. The molecule has 0 bridgehead atoms. The van der Waals surface area contributed by atoms with E-state index in [2.05, 4.69) is 31.3 Å². The maximum absolute atomic E-state index is 13.3. The molecule has 0 saturated heterocycles. The summed E-state index contributed by atoms with van der Waals surface area (Å²) in [6.07, 6.45) is 0. The molecule has 2 aromatic rings. The summed E-state index contributed by atoms with van der Waals surface area (Å²) in [6, 6.07) is 13.2. The first kappa shape index (κ1) is 13.4. The van der Waals surface area contributed by atoms with E-state index in [-0.39, 0.29) is 17.6 Å². The van der Waals surface area contributed by atoms with Crippen molar-refractivity contribution in [2.24, 2.45) is 0 Å². The van der Waals surface area contributed by atoms with Gasteiger partial charge in [-0.25, -0.2) is 4.39 Å². The highest BCUT2D eigenvalue weighted by Gasteiger charge is 2.09. The minimum Gasteiger partial charge on any atom is -0.494 e. The Morgan fingerprint density at radius 2 is 1.89 bits per heavy atom. The predicted molar refractivity (Wildman–Crippen MR) is 76.2 cm³/mol. The Morgan fingerprint density at radius 3 is 2.58 bits per heavy atom. The second-order valence-corrected chi connectivity index (χ2v) is 4.57. The van der Waals surface area contributed by atoms with Crippen LogP contribution < -0.4 is 10.1 Å². The van der Waals surface area contributed by atoms with Crippen molar-refractivity contribution in [1.29, 1.82) is 0 Å². The number of rotatable bonds is 4. The quantitative estimate of drug-likeness (QED) is 0.883. The van der Waals surface area contributed by atoms with Crippen molar-refractivity contribution in [2.45, 2.75) is 19.9 Å². The molecule has 0 heterocycles. The smallest absolute Gasteiger partial charge is 0.165 e. The highest BCUT2D eigenvalue weighted by atomic mass is 19.1. The Kier molecular flexibility index (Phi) is 4.05. The normalized spacial score (nSPS) is 12.0. The van der Waals surface area contributed by atoms with Crippen molar-refractivity contribution in [3.63, 3.8) is 0 Å². The van der Waals surface area contributed by atoms with Crippen LogP contribution in [0.25, 0.3) is 0 Å². The summed E-state index contributed by atoms with van der Waals surface area (Å²) in [4.78, 5) is 0. The summed E-state index contributed by atoms with van der Waals surface area (Å²) in [6.45, 7) is 4.16. The van der Waals surface area contributed by atoms with Crippen LogP contribution in [-0.2, 0) is 0 Å². The number of methoxy groups -OCH3 is 1. The fourth-order valence-electron chi connectivity index (χ4n) is 2.15. The number of hydrogen-bond donors (Lipinski definition) is 1. The zero-order chi connectivity index (χ0) is 13.8. The molecule has 0 amide bonds. The Labute approximate surface area is 113 Å². The third-order valence-corrected chi connectivity index (χ3v) is 3.19.